The zero-order chi connectivity index (χ0) is 20.5. The fourth-order valence-electron chi connectivity index (χ4n) is 2.62. The molecule has 0 unspecified atom stereocenters. The first-order valence-corrected chi connectivity index (χ1v) is 11.0. The number of aliphatic imine (C=N–C) groups is 1. The molecule has 0 atom stereocenters. The van der Waals surface area contributed by atoms with Crippen molar-refractivity contribution in [2.45, 2.75) is 0 Å². The molecular formula is C19H14IN3O4S2. The van der Waals surface area contributed by atoms with Crippen molar-refractivity contribution in [2.24, 2.45) is 4.99 Å². The van der Waals surface area contributed by atoms with Crippen LogP contribution in [-0.2, 0) is 4.79 Å². The van der Waals surface area contributed by atoms with E-state index in [0.29, 0.717) is 24.5 Å². The van der Waals surface area contributed by atoms with E-state index < -0.39 is 0 Å². The molecule has 0 aliphatic carbocycles. The van der Waals surface area contributed by atoms with E-state index in [9.17, 15) is 9.90 Å². The lowest BCUT2D eigenvalue weighted by Gasteiger charge is -2.06. The fourth-order valence-corrected chi connectivity index (χ4v) is 5.00. The van der Waals surface area contributed by atoms with E-state index in [1.165, 1.54) is 30.2 Å². The number of phenols is 1. The first-order valence-electron chi connectivity index (χ1n) is 8.27. The molecule has 2 heterocycles. The lowest BCUT2D eigenvalue weighted by atomic mass is 10.2. The average Bonchev–Trinajstić information content (AvgIpc) is 3.26. The van der Waals surface area contributed by atoms with Gasteiger partial charge < -0.3 is 19.9 Å². The number of amidine groups is 1. The molecule has 0 bridgehead atoms. The van der Waals surface area contributed by atoms with Gasteiger partial charge in [-0.2, -0.15) is 4.99 Å². The third-order valence-corrected chi connectivity index (χ3v) is 6.65. The van der Waals surface area contributed by atoms with Gasteiger partial charge in [0.2, 0.25) is 5.13 Å². The second-order valence-corrected chi connectivity index (χ2v) is 9.07. The highest BCUT2D eigenvalue weighted by molar-refractivity contribution is 14.1. The highest BCUT2D eigenvalue weighted by atomic mass is 127. The Morgan fingerprint density at radius 1 is 1.24 bits per heavy atom. The smallest absolute Gasteiger partial charge is 0.264 e. The number of halogens is 1. The first-order chi connectivity index (χ1) is 14.0. The van der Waals surface area contributed by atoms with E-state index in [0.717, 1.165) is 21.5 Å². The number of nitrogens with one attached hydrogen (secondary N) is 1. The molecule has 1 aromatic heterocycles. The predicted molar refractivity (Wildman–Crippen MR) is 124 cm³/mol. The zero-order valence-electron chi connectivity index (χ0n) is 15.2. The van der Waals surface area contributed by atoms with Crippen molar-refractivity contribution in [3.8, 4) is 17.2 Å². The molecule has 0 saturated carbocycles. The molecule has 1 amide bonds. The van der Waals surface area contributed by atoms with Crippen LogP contribution >= 0.6 is 45.7 Å². The predicted octanol–water partition coefficient (Wildman–Crippen LogP) is 4.52. The van der Waals surface area contributed by atoms with E-state index in [2.05, 4.69) is 15.3 Å². The SMILES string of the molecule is COc1ccc2nc(N=C3NC(=O)/C(=C/c4cc(I)c(O)c(OC)c4)S3)sc2c1. The summed E-state index contributed by atoms with van der Waals surface area (Å²) >= 11 is 4.67. The molecule has 7 nitrogen and oxygen atoms in total. The van der Waals surface area contributed by atoms with Crippen molar-refractivity contribution in [3.05, 3.63) is 44.4 Å². The molecule has 4 rings (SSSR count). The summed E-state index contributed by atoms with van der Waals surface area (Å²) in [5, 5.41) is 13.7. The van der Waals surface area contributed by atoms with E-state index in [4.69, 9.17) is 9.47 Å². The van der Waals surface area contributed by atoms with Crippen LogP contribution in [0.5, 0.6) is 17.2 Å². The third kappa shape index (κ3) is 4.19. The minimum absolute atomic E-state index is 0.0773. The summed E-state index contributed by atoms with van der Waals surface area (Å²) in [4.78, 5) is 21.8. The Kier molecular flexibility index (Phi) is 5.65. The summed E-state index contributed by atoms with van der Waals surface area (Å²) in [5.41, 5.74) is 1.57. The molecule has 2 aromatic carbocycles. The van der Waals surface area contributed by atoms with E-state index in [1.807, 2.05) is 40.8 Å². The number of aromatic hydroxyl groups is 1. The molecule has 3 aromatic rings. The molecule has 0 radical (unpaired) electrons. The second kappa shape index (κ2) is 8.20. The Morgan fingerprint density at radius 2 is 2.07 bits per heavy atom. The zero-order valence-corrected chi connectivity index (χ0v) is 19.0. The van der Waals surface area contributed by atoms with Crippen molar-refractivity contribution in [1.29, 1.82) is 0 Å². The van der Waals surface area contributed by atoms with Gasteiger partial charge in [0.1, 0.15) is 5.75 Å². The summed E-state index contributed by atoms with van der Waals surface area (Å²) in [5.74, 6) is 0.950. The summed E-state index contributed by atoms with van der Waals surface area (Å²) in [6.45, 7) is 0. The maximum atomic E-state index is 12.3. The van der Waals surface area contributed by atoms with Gasteiger partial charge in [-0.25, -0.2) is 4.98 Å². The Morgan fingerprint density at radius 3 is 2.83 bits per heavy atom. The molecule has 1 saturated heterocycles. The van der Waals surface area contributed by atoms with Crippen LogP contribution in [0.4, 0.5) is 5.13 Å². The number of hydrogen-bond acceptors (Lipinski definition) is 8. The lowest BCUT2D eigenvalue weighted by molar-refractivity contribution is -0.115. The number of methoxy groups -OCH3 is 2. The number of rotatable bonds is 4. The van der Waals surface area contributed by atoms with Gasteiger partial charge in [-0.05, 0) is 76.3 Å². The quantitative estimate of drug-likeness (QED) is 0.375. The number of benzene rings is 2. The van der Waals surface area contributed by atoms with Gasteiger partial charge in [-0.3, -0.25) is 4.79 Å². The van der Waals surface area contributed by atoms with Crippen molar-refractivity contribution >= 4 is 78.2 Å². The number of thioether (sulfide) groups is 1. The highest BCUT2D eigenvalue weighted by Crippen LogP contribution is 2.36. The number of phenolic OH excluding ortho intramolecular Hbond substituents is 1. The largest absolute Gasteiger partial charge is 0.504 e. The number of ether oxygens (including phenoxy) is 2. The maximum absolute atomic E-state index is 12.3. The normalized spacial score (nSPS) is 16.6. The summed E-state index contributed by atoms with van der Waals surface area (Å²) < 4.78 is 12.0. The minimum Gasteiger partial charge on any atom is -0.504 e. The third-order valence-electron chi connectivity index (χ3n) is 4.00. The molecule has 1 fully saturated rings. The molecule has 1 aliphatic heterocycles. The molecule has 2 N–H and O–H groups in total. The lowest BCUT2D eigenvalue weighted by Crippen LogP contribution is -2.19. The number of aromatic nitrogens is 1. The summed E-state index contributed by atoms with van der Waals surface area (Å²) in [6.07, 6.45) is 1.73. The molecule has 0 spiro atoms. The van der Waals surface area contributed by atoms with Crippen LogP contribution in [0.2, 0.25) is 0 Å². The van der Waals surface area contributed by atoms with Crippen LogP contribution in [0.1, 0.15) is 5.56 Å². The van der Waals surface area contributed by atoms with E-state index in [-0.39, 0.29) is 11.7 Å². The molecule has 10 heteroatoms. The van der Waals surface area contributed by atoms with Gasteiger partial charge in [-0.15, -0.1) is 0 Å². The first kappa shape index (κ1) is 20.0. The van der Waals surface area contributed by atoms with Crippen LogP contribution < -0.4 is 14.8 Å². The van der Waals surface area contributed by atoms with Crippen LogP contribution in [0.25, 0.3) is 16.3 Å². The summed E-state index contributed by atoms with van der Waals surface area (Å²) in [7, 11) is 3.10. The second-order valence-electron chi connectivity index (χ2n) is 5.87. The van der Waals surface area contributed by atoms with Crippen molar-refractivity contribution in [3.63, 3.8) is 0 Å². The van der Waals surface area contributed by atoms with Gasteiger partial charge in [0.25, 0.3) is 5.91 Å². The van der Waals surface area contributed by atoms with Gasteiger partial charge >= 0.3 is 0 Å². The number of carbonyl (C=O) groups excluding carboxylic acids is 1. The number of thiazole rings is 1. The average molecular weight is 539 g/mol. The number of carbonyl (C=O) groups is 1. The topological polar surface area (TPSA) is 93.0 Å². The van der Waals surface area contributed by atoms with E-state index >= 15 is 0 Å². The fraction of sp³-hybridized carbons (Fsp3) is 0.105. The number of fused-ring (bicyclic) bond motifs is 1. The standard InChI is InChI=1S/C19H14IN3O4S2/c1-26-10-3-4-12-14(8-10)28-18(21-12)23-19-22-17(25)15(29-19)7-9-5-11(20)16(24)13(6-9)27-2/h3-8,24H,1-2H3,(H,21,22,23,25)/b15-7-. The Balaban J connectivity index is 1.61. The minimum atomic E-state index is -0.237. The van der Waals surface area contributed by atoms with Gasteiger partial charge in [0.15, 0.2) is 16.7 Å². The Bertz CT molecular complexity index is 1190. The number of hydrogen-bond donors (Lipinski definition) is 2. The monoisotopic (exact) mass is 539 g/mol. The van der Waals surface area contributed by atoms with E-state index in [1.54, 1.807) is 25.3 Å². The highest BCUT2D eigenvalue weighted by Gasteiger charge is 2.24. The number of amides is 1. The van der Waals surface area contributed by atoms with Gasteiger partial charge in [-0.1, -0.05) is 11.3 Å². The van der Waals surface area contributed by atoms with Crippen molar-refractivity contribution in [2.75, 3.05) is 14.2 Å². The van der Waals surface area contributed by atoms with Crippen LogP contribution in [0, 0.1) is 3.57 Å². The van der Waals surface area contributed by atoms with Crippen LogP contribution in [0.15, 0.2) is 40.2 Å². The molecular weight excluding hydrogens is 525 g/mol. The Hall–Kier alpha value is -2.31. The van der Waals surface area contributed by atoms with Crippen molar-refractivity contribution in [1.82, 2.24) is 10.3 Å². The van der Waals surface area contributed by atoms with Crippen LogP contribution in [0.3, 0.4) is 0 Å². The van der Waals surface area contributed by atoms with Gasteiger partial charge in [0.05, 0.1) is 32.9 Å². The maximum Gasteiger partial charge on any atom is 0.264 e. The molecule has 29 heavy (non-hydrogen) atoms. The van der Waals surface area contributed by atoms with Gasteiger partial charge in [0, 0.05) is 0 Å². The number of nitrogens with zero attached hydrogens (tertiary/aromatic N) is 2. The Labute approximate surface area is 188 Å². The van der Waals surface area contributed by atoms with Crippen molar-refractivity contribution < 1.29 is 19.4 Å². The molecule has 1 aliphatic rings. The summed E-state index contributed by atoms with van der Waals surface area (Å²) in [6, 6.07) is 9.07. The molecule has 148 valence electrons. The van der Waals surface area contributed by atoms with Crippen LogP contribution in [-0.4, -0.2) is 35.4 Å².